The van der Waals surface area contributed by atoms with E-state index in [0.717, 1.165) is 17.1 Å². The highest BCUT2D eigenvalue weighted by molar-refractivity contribution is 7.91. The van der Waals surface area contributed by atoms with Gasteiger partial charge in [0.2, 0.25) is 0 Å². The summed E-state index contributed by atoms with van der Waals surface area (Å²) in [7, 11) is -3.01. The number of aromatic nitrogens is 2. The van der Waals surface area contributed by atoms with E-state index in [9.17, 15) is 13.2 Å². The second kappa shape index (κ2) is 5.81. The van der Waals surface area contributed by atoms with E-state index in [-0.39, 0.29) is 23.5 Å². The third-order valence-electron chi connectivity index (χ3n) is 3.93. The van der Waals surface area contributed by atoms with Gasteiger partial charge in [-0.2, -0.15) is 5.10 Å². The average molecular weight is 333 g/mol. The van der Waals surface area contributed by atoms with Gasteiger partial charge in [-0.05, 0) is 44.5 Å². The van der Waals surface area contributed by atoms with Crippen LogP contribution in [0.25, 0.3) is 5.69 Å². The van der Waals surface area contributed by atoms with Gasteiger partial charge in [-0.15, -0.1) is 0 Å². The Kier molecular flexibility index (Phi) is 3.97. The first-order valence-corrected chi connectivity index (χ1v) is 9.31. The Bertz CT molecular complexity index is 855. The highest BCUT2D eigenvalue weighted by atomic mass is 32.2. The molecule has 1 amide bonds. The molecule has 1 aliphatic rings. The minimum atomic E-state index is -3.01. The van der Waals surface area contributed by atoms with Gasteiger partial charge in [0.15, 0.2) is 9.84 Å². The molecule has 1 N–H and O–H groups in total. The third-order valence-corrected chi connectivity index (χ3v) is 5.70. The van der Waals surface area contributed by atoms with E-state index >= 15 is 0 Å². The minimum absolute atomic E-state index is 0.0237. The molecule has 0 unspecified atom stereocenters. The molecular weight excluding hydrogens is 314 g/mol. The number of hydrogen-bond acceptors (Lipinski definition) is 4. The molecule has 0 radical (unpaired) electrons. The maximum Gasteiger partial charge on any atom is 0.251 e. The maximum atomic E-state index is 12.3. The van der Waals surface area contributed by atoms with Crippen LogP contribution in [0.3, 0.4) is 0 Å². The van der Waals surface area contributed by atoms with Crippen LogP contribution in [0.4, 0.5) is 0 Å². The highest BCUT2D eigenvalue weighted by Gasteiger charge is 2.29. The van der Waals surface area contributed by atoms with Gasteiger partial charge in [-0.1, -0.05) is 6.07 Å². The van der Waals surface area contributed by atoms with E-state index in [2.05, 4.69) is 10.4 Å². The SMILES string of the molecule is Cc1cc(C)n(-c2cccc(C(=O)N[C@@H]3CCS(=O)(=O)C3)c2)n1. The lowest BCUT2D eigenvalue weighted by atomic mass is 10.1. The molecule has 7 heteroatoms. The molecule has 3 rings (SSSR count). The van der Waals surface area contributed by atoms with Crippen molar-refractivity contribution in [1.29, 1.82) is 0 Å². The molecule has 0 saturated carbocycles. The van der Waals surface area contributed by atoms with Crippen molar-refractivity contribution < 1.29 is 13.2 Å². The van der Waals surface area contributed by atoms with Crippen LogP contribution in [-0.4, -0.2) is 41.7 Å². The van der Waals surface area contributed by atoms with Gasteiger partial charge in [0.05, 0.1) is 22.9 Å². The summed E-state index contributed by atoms with van der Waals surface area (Å²) >= 11 is 0. The first-order chi connectivity index (χ1) is 10.8. The van der Waals surface area contributed by atoms with Crippen LogP contribution in [0.2, 0.25) is 0 Å². The highest BCUT2D eigenvalue weighted by Crippen LogP contribution is 2.15. The standard InChI is InChI=1S/C16H19N3O3S/c1-11-8-12(2)19(18-11)15-5-3-4-13(9-15)16(20)17-14-6-7-23(21,22)10-14/h3-5,8-9,14H,6-7,10H2,1-2H3,(H,17,20)/t14-/m1/s1. The Balaban J connectivity index is 1.80. The molecule has 6 nitrogen and oxygen atoms in total. The lowest BCUT2D eigenvalue weighted by molar-refractivity contribution is 0.0941. The van der Waals surface area contributed by atoms with Gasteiger partial charge in [0, 0.05) is 17.3 Å². The Morgan fingerprint density at radius 2 is 2.09 bits per heavy atom. The minimum Gasteiger partial charge on any atom is -0.348 e. The van der Waals surface area contributed by atoms with E-state index in [1.165, 1.54) is 0 Å². The molecule has 122 valence electrons. The second-order valence-electron chi connectivity index (χ2n) is 5.96. The molecule has 0 bridgehead atoms. The second-order valence-corrected chi connectivity index (χ2v) is 8.19. The summed E-state index contributed by atoms with van der Waals surface area (Å²) in [5.41, 5.74) is 3.21. The molecule has 1 aromatic carbocycles. The number of benzene rings is 1. The van der Waals surface area contributed by atoms with E-state index in [4.69, 9.17) is 0 Å². The lowest BCUT2D eigenvalue weighted by Crippen LogP contribution is -2.35. The van der Waals surface area contributed by atoms with Crippen molar-refractivity contribution in [2.75, 3.05) is 11.5 Å². The average Bonchev–Trinajstić information content (AvgIpc) is 3.00. The van der Waals surface area contributed by atoms with Crippen LogP contribution >= 0.6 is 0 Å². The van der Waals surface area contributed by atoms with Crippen molar-refractivity contribution in [2.45, 2.75) is 26.3 Å². The predicted octanol–water partition coefficient (Wildman–Crippen LogP) is 1.41. The fraction of sp³-hybridized carbons (Fsp3) is 0.375. The first-order valence-electron chi connectivity index (χ1n) is 7.49. The molecule has 1 aliphatic heterocycles. The molecule has 1 aromatic heterocycles. The van der Waals surface area contributed by atoms with Gasteiger partial charge in [0.1, 0.15) is 0 Å². The number of carbonyl (C=O) groups is 1. The molecule has 2 aromatic rings. The van der Waals surface area contributed by atoms with Gasteiger partial charge >= 0.3 is 0 Å². The molecule has 1 fully saturated rings. The summed E-state index contributed by atoms with van der Waals surface area (Å²) in [6.45, 7) is 3.87. The van der Waals surface area contributed by atoms with Crippen LogP contribution in [0.5, 0.6) is 0 Å². The summed E-state index contributed by atoms with van der Waals surface area (Å²) in [5, 5.41) is 7.21. The lowest BCUT2D eigenvalue weighted by Gasteiger charge is -2.12. The molecule has 1 saturated heterocycles. The molecular formula is C16H19N3O3S. The zero-order chi connectivity index (χ0) is 16.6. The van der Waals surface area contributed by atoms with Crippen LogP contribution in [-0.2, 0) is 9.84 Å². The number of hydrogen-bond donors (Lipinski definition) is 1. The van der Waals surface area contributed by atoms with Crippen LogP contribution in [0, 0.1) is 13.8 Å². The molecule has 1 atom stereocenters. The Hall–Kier alpha value is -2.15. The number of nitrogens with zero attached hydrogens (tertiary/aromatic N) is 2. The summed E-state index contributed by atoms with van der Waals surface area (Å²) in [6.07, 6.45) is 0.477. The maximum absolute atomic E-state index is 12.3. The zero-order valence-corrected chi connectivity index (χ0v) is 13.9. The Labute approximate surface area is 135 Å². The van der Waals surface area contributed by atoms with Gasteiger partial charge in [-0.25, -0.2) is 13.1 Å². The monoisotopic (exact) mass is 333 g/mol. The van der Waals surface area contributed by atoms with Crippen LogP contribution in [0.15, 0.2) is 30.3 Å². The summed E-state index contributed by atoms with van der Waals surface area (Å²) in [5.74, 6) is -0.0879. The van der Waals surface area contributed by atoms with Crippen molar-refractivity contribution >= 4 is 15.7 Å². The summed E-state index contributed by atoms with van der Waals surface area (Å²) < 4.78 is 24.7. The normalized spacial score (nSPS) is 19.7. The summed E-state index contributed by atoms with van der Waals surface area (Å²) in [6, 6.07) is 8.83. The summed E-state index contributed by atoms with van der Waals surface area (Å²) in [4.78, 5) is 12.3. The molecule has 2 heterocycles. The molecule has 0 aliphatic carbocycles. The topological polar surface area (TPSA) is 81.1 Å². The smallest absolute Gasteiger partial charge is 0.251 e. The number of aryl methyl sites for hydroxylation is 2. The van der Waals surface area contributed by atoms with Crippen molar-refractivity contribution in [3.8, 4) is 5.69 Å². The van der Waals surface area contributed by atoms with Crippen LogP contribution < -0.4 is 5.32 Å². The number of nitrogens with one attached hydrogen (secondary N) is 1. The van der Waals surface area contributed by atoms with Crippen molar-refractivity contribution in [1.82, 2.24) is 15.1 Å². The Morgan fingerprint density at radius 3 is 2.70 bits per heavy atom. The van der Waals surface area contributed by atoms with Gasteiger partial charge in [-0.3, -0.25) is 4.79 Å². The van der Waals surface area contributed by atoms with Gasteiger partial charge < -0.3 is 5.32 Å². The van der Waals surface area contributed by atoms with Crippen molar-refractivity contribution in [2.24, 2.45) is 0 Å². The quantitative estimate of drug-likeness (QED) is 0.921. The van der Waals surface area contributed by atoms with E-state index < -0.39 is 9.84 Å². The first kappa shape index (κ1) is 15.7. The fourth-order valence-electron chi connectivity index (χ4n) is 2.85. The third kappa shape index (κ3) is 3.44. The van der Waals surface area contributed by atoms with E-state index in [0.29, 0.717) is 12.0 Å². The molecule has 0 spiro atoms. The number of sulfone groups is 1. The van der Waals surface area contributed by atoms with Crippen molar-refractivity contribution in [3.05, 3.63) is 47.3 Å². The zero-order valence-electron chi connectivity index (χ0n) is 13.1. The molecule has 23 heavy (non-hydrogen) atoms. The fourth-order valence-corrected chi connectivity index (χ4v) is 4.52. The number of amides is 1. The van der Waals surface area contributed by atoms with E-state index in [1.807, 2.05) is 26.0 Å². The van der Waals surface area contributed by atoms with Gasteiger partial charge in [0.25, 0.3) is 5.91 Å². The Morgan fingerprint density at radius 1 is 1.30 bits per heavy atom. The van der Waals surface area contributed by atoms with Crippen molar-refractivity contribution in [3.63, 3.8) is 0 Å². The number of carbonyl (C=O) groups excluding carboxylic acids is 1. The predicted molar refractivity (Wildman–Crippen MR) is 87.6 cm³/mol. The van der Waals surface area contributed by atoms with Crippen LogP contribution in [0.1, 0.15) is 28.2 Å². The van der Waals surface area contributed by atoms with E-state index in [1.54, 1.807) is 22.9 Å². The largest absolute Gasteiger partial charge is 0.348 e. The number of rotatable bonds is 3.